The van der Waals surface area contributed by atoms with Crippen molar-refractivity contribution in [1.82, 2.24) is 4.57 Å². The molecule has 1 radical (unpaired) electrons. The molecule has 3 rings (SSSR count). The molecule has 1 heterocycles. The van der Waals surface area contributed by atoms with E-state index in [0.717, 1.165) is 5.56 Å². The third-order valence-corrected chi connectivity index (χ3v) is 5.35. The number of carbonyl (C=O) groups is 1. The van der Waals surface area contributed by atoms with Crippen molar-refractivity contribution < 1.29 is 4.79 Å². The van der Waals surface area contributed by atoms with Crippen molar-refractivity contribution in [2.45, 2.75) is 6.42 Å². The fraction of sp³-hybridized carbons (Fsp3) is 0.0588. The Morgan fingerprint density at radius 3 is 2.52 bits per heavy atom. The van der Waals surface area contributed by atoms with E-state index in [1.165, 1.54) is 4.57 Å². The lowest BCUT2D eigenvalue weighted by Gasteiger charge is -2.08. The highest BCUT2D eigenvalue weighted by Crippen LogP contribution is 2.39. The van der Waals surface area contributed by atoms with Gasteiger partial charge in [-0.3, -0.25) is 9.36 Å². The Morgan fingerprint density at radius 1 is 1.17 bits per heavy atom. The van der Waals surface area contributed by atoms with E-state index in [1.54, 1.807) is 24.4 Å². The average molecular weight is 431 g/mol. The molecule has 0 bridgehead atoms. The lowest BCUT2D eigenvalue weighted by Crippen LogP contribution is -2.11. The number of aromatic nitrogens is 1. The van der Waals surface area contributed by atoms with Gasteiger partial charge in [0.15, 0.2) is 0 Å². The maximum atomic E-state index is 12.9. The fourth-order valence-electron chi connectivity index (χ4n) is 2.51. The highest BCUT2D eigenvalue weighted by atomic mass is 79.9. The van der Waals surface area contributed by atoms with E-state index in [4.69, 9.17) is 34.8 Å². The molecule has 0 aliphatic carbocycles. The summed E-state index contributed by atoms with van der Waals surface area (Å²) in [5.41, 5.74) is 1.89. The number of rotatable bonds is 2. The third kappa shape index (κ3) is 2.80. The van der Waals surface area contributed by atoms with Crippen molar-refractivity contribution in [2.24, 2.45) is 0 Å². The quantitative estimate of drug-likeness (QED) is 0.430. The first kappa shape index (κ1) is 16.8. The molecule has 23 heavy (non-hydrogen) atoms. The highest BCUT2D eigenvalue weighted by Gasteiger charge is 2.21. The Balaban J connectivity index is 2.33. The van der Waals surface area contributed by atoms with Gasteiger partial charge in [0.25, 0.3) is 5.91 Å². The predicted molar refractivity (Wildman–Crippen MR) is 99.9 cm³/mol. The maximum absolute atomic E-state index is 12.9. The summed E-state index contributed by atoms with van der Waals surface area (Å²) in [6, 6.07) is 8.75. The number of fused-ring (bicyclic) bond motifs is 1. The van der Waals surface area contributed by atoms with Gasteiger partial charge in [0.05, 0.1) is 26.1 Å². The summed E-state index contributed by atoms with van der Waals surface area (Å²) in [4.78, 5) is 12.9. The van der Waals surface area contributed by atoms with E-state index >= 15 is 0 Å². The second-order valence-electron chi connectivity index (χ2n) is 4.94. The van der Waals surface area contributed by atoms with Crippen molar-refractivity contribution in [3.8, 4) is 0 Å². The minimum Gasteiger partial charge on any atom is -0.281 e. The lowest BCUT2D eigenvalue weighted by molar-refractivity contribution is 0.0964. The van der Waals surface area contributed by atoms with Crippen LogP contribution < -0.4 is 0 Å². The standard InChI is InChI=1S/C17H10BrCl3NO/c1-2-9-8-22(17(23)10-5-3-4-6-11(10)18)16-13(20)7-12(19)15(21)14(9)16/h3-8H,1-2H2. The summed E-state index contributed by atoms with van der Waals surface area (Å²) in [6.07, 6.45) is 2.18. The molecule has 0 spiro atoms. The van der Waals surface area contributed by atoms with Crippen LogP contribution in [0.25, 0.3) is 10.9 Å². The number of nitrogens with zero attached hydrogens (tertiary/aromatic N) is 1. The fourth-order valence-corrected chi connectivity index (χ4v) is 3.79. The van der Waals surface area contributed by atoms with E-state index in [2.05, 4.69) is 22.9 Å². The molecule has 2 nitrogen and oxygen atoms in total. The van der Waals surface area contributed by atoms with Crippen LogP contribution in [0, 0.1) is 6.92 Å². The Labute approximate surface area is 157 Å². The van der Waals surface area contributed by atoms with Gasteiger partial charge in [0.2, 0.25) is 0 Å². The largest absolute Gasteiger partial charge is 0.281 e. The van der Waals surface area contributed by atoms with E-state index < -0.39 is 0 Å². The molecular formula is C17H10BrCl3NO. The summed E-state index contributed by atoms with van der Waals surface area (Å²) in [6.45, 7) is 3.89. The van der Waals surface area contributed by atoms with Crippen LogP contribution in [0.5, 0.6) is 0 Å². The van der Waals surface area contributed by atoms with Crippen molar-refractivity contribution in [3.05, 3.63) is 74.1 Å². The molecule has 117 valence electrons. The van der Waals surface area contributed by atoms with Crippen LogP contribution in [0.3, 0.4) is 0 Å². The zero-order valence-corrected chi connectivity index (χ0v) is 15.6. The van der Waals surface area contributed by atoms with Gasteiger partial charge >= 0.3 is 0 Å². The van der Waals surface area contributed by atoms with E-state index in [9.17, 15) is 4.79 Å². The van der Waals surface area contributed by atoms with Gasteiger partial charge in [0.1, 0.15) is 0 Å². The summed E-state index contributed by atoms with van der Waals surface area (Å²) in [5.74, 6) is -0.206. The van der Waals surface area contributed by atoms with E-state index in [0.29, 0.717) is 42.4 Å². The Kier molecular flexibility index (Phi) is 4.75. The SMILES string of the molecule is [CH2]Cc1cn(C(=O)c2ccccc2Br)c2c(Cl)cc(Cl)c(Cl)c12. The van der Waals surface area contributed by atoms with Gasteiger partial charge in [0, 0.05) is 16.1 Å². The normalized spacial score (nSPS) is 11.2. The Morgan fingerprint density at radius 2 is 1.87 bits per heavy atom. The highest BCUT2D eigenvalue weighted by molar-refractivity contribution is 9.10. The number of hydrogen-bond donors (Lipinski definition) is 0. The molecule has 0 fully saturated rings. The van der Waals surface area contributed by atoms with Gasteiger partial charge in [-0.05, 0) is 53.0 Å². The maximum Gasteiger partial charge on any atom is 0.263 e. The van der Waals surface area contributed by atoms with Gasteiger partial charge in [-0.15, -0.1) is 0 Å². The summed E-state index contributed by atoms with van der Waals surface area (Å²) in [7, 11) is 0. The van der Waals surface area contributed by atoms with Crippen LogP contribution in [0.4, 0.5) is 0 Å². The van der Waals surface area contributed by atoms with Gasteiger partial charge in [-0.25, -0.2) is 0 Å². The number of halogens is 4. The number of hydrogen-bond acceptors (Lipinski definition) is 1. The predicted octanol–water partition coefficient (Wildman–Crippen LogP) is 6.43. The molecule has 0 amide bonds. The van der Waals surface area contributed by atoms with Crippen LogP contribution in [-0.4, -0.2) is 10.5 Å². The molecule has 0 aliphatic heterocycles. The van der Waals surface area contributed by atoms with E-state index in [-0.39, 0.29) is 5.91 Å². The first-order valence-electron chi connectivity index (χ1n) is 6.71. The molecule has 0 N–H and O–H groups in total. The van der Waals surface area contributed by atoms with Gasteiger partial charge < -0.3 is 0 Å². The van der Waals surface area contributed by atoms with Crippen molar-refractivity contribution in [1.29, 1.82) is 0 Å². The van der Waals surface area contributed by atoms with Gasteiger partial charge in [-0.1, -0.05) is 46.9 Å². The van der Waals surface area contributed by atoms with Crippen LogP contribution in [0.1, 0.15) is 15.9 Å². The molecule has 0 saturated heterocycles. The molecule has 0 atom stereocenters. The lowest BCUT2D eigenvalue weighted by atomic mass is 10.1. The van der Waals surface area contributed by atoms with Crippen molar-refractivity contribution in [3.63, 3.8) is 0 Å². The second-order valence-corrected chi connectivity index (χ2v) is 6.98. The molecular weight excluding hydrogens is 420 g/mol. The van der Waals surface area contributed by atoms with Crippen LogP contribution >= 0.6 is 50.7 Å². The van der Waals surface area contributed by atoms with Gasteiger partial charge in [-0.2, -0.15) is 0 Å². The average Bonchev–Trinajstić information content (AvgIpc) is 2.92. The second kappa shape index (κ2) is 6.48. The zero-order chi connectivity index (χ0) is 16.7. The smallest absolute Gasteiger partial charge is 0.263 e. The third-order valence-electron chi connectivity index (χ3n) is 3.59. The summed E-state index contributed by atoms with van der Waals surface area (Å²) < 4.78 is 2.21. The van der Waals surface area contributed by atoms with Crippen LogP contribution in [0.15, 0.2) is 41.0 Å². The summed E-state index contributed by atoms with van der Waals surface area (Å²) >= 11 is 22.2. The molecule has 0 aliphatic rings. The molecule has 3 aromatic rings. The number of benzene rings is 2. The minimum absolute atomic E-state index is 0.206. The van der Waals surface area contributed by atoms with E-state index in [1.807, 2.05) is 12.1 Å². The monoisotopic (exact) mass is 428 g/mol. The molecule has 1 aromatic heterocycles. The molecule has 0 saturated carbocycles. The van der Waals surface area contributed by atoms with Crippen molar-refractivity contribution >= 4 is 67.5 Å². The topological polar surface area (TPSA) is 22.0 Å². The molecule has 0 unspecified atom stereocenters. The van der Waals surface area contributed by atoms with Crippen LogP contribution in [-0.2, 0) is 6.42 Å². The number of carbonyl (C=O) groups excluding carboxylic acids is 1. The first-order valence-corrected chi connectivity index (χ1v) is 8.64. The zero-order valence-electron chi connectivity index (χ0n) is 11.7. The van der Waals surface area contributed by atoms with Crippen LogP contribution in [0.2, 0.25) is 15.1 Å². The molecule has 6 heteroatoms. The van der Waals surface area contributed by atoms with Crippen molar-refractivity contribution in [2.75, 3.05) is 0 Å². The molecule has 2 aromatic carbocycles. The first-order chi connectivity index (χ1) is 11.0. The summed E-state index contributed by atoms with van der Waals surface area (Å²) in [5, 5.41) is 1.77. The Bertz CT molecular complexity index is 933. The minimum atomic E-state index is -0.206. The Hall–Kier alpha value is -1.000.